The van der Waals surface area contributed by atoms with Crippen LogP contribution in [0.4, 0.5) is 11.4 Å². The largest absolute Gasteiger partial charge is 0.479 e. The highest BCUT2D eigenvalue weighted by Gasteiger charge is 2.16. The van der Waals surface area contributed by atoms with Gasteiger partial charge < -0.3 is 15.8 Å². The van der Waals surface area contributed by atoms with Gasteiger partial charge in [0.1, 0.15) is 5.75 Å². The van der Waals surface area contributed by atoms with E-state index in [0.717, 1.165) is 10.0 Å². The molecule has 1 aromatic carbocycles. The Labute approximate surface area is 131 Å². The van der Waals surface area contributed by atoms with E-state index in [2.05, 4.69) is 26.2 Å². The number of amides is 1. The third-order valence-corrected chi connectivity index (χ3v) is 3.43. The van der Waals surface area contributed by atoms with Gasteiger partial charge in [0.2, 0.25) is 0 Å². The average Bonchev–Trinajstić information content (AvgIpc) is 2.44. The number of carbonyl (C=O) groups is 1. The van der Waals surface area contributed by atoms with Crippen molar-refractivity contribution < 1.29 is 9.53 Å². The van der Waals surface area contributed by atoms with Gasteiger partial charge in [-0.1, -0.05) is 6.07 Å². The molecule has 0 saturated carbocycles. The van der Waals surface area contributed by atoms with Crippen LogP contribution in [-0.4, -0.2) is 17.0 Å². The van der Waals surface area contributed by atoms with E-state index in [0.29, 0.717) is 17.1 Å². The number of anilines is 2. The van der Waals surface area contributed by atoms with Crippen LogP contribution in [0.25, 0.3) is 0 Å². The molecule has 0 aliphatic carbocycles. The Morgan fingerprint density at radius 3 is 2.90 bits per heavy atom. The molecule has 0 bridgehead atoms. The Morgan fingerprint density at radius 2 is 2.19 bits per heavy atom. The van der Waals surface area contributed by atoms with Crippen LogP contribution in [0.3, 0.4) is 0 Å². The van der Waals surface area contributed by atoms with E-state index in [9.17, 15) is 4.79 Å². The lowest BCUT2D eigenvalue weighted by Gasteiger charge is -2.16. The van der Waals surface area contributed by atoms with Crippen molar-refractivity contribution in [3.05, 3.63) is 46.7 Å². The zero-order chi connectivity index (χ0) is 15.4. The highest BCUT2D eigenvalue weighted by Crippen LogP contribution is 2.21. The third-order valence-electron chi connectivity index (χ3n) is 3.00. The van der Waals surface area contributed by atoms with Gasteiger partial charge >= 0.3 is 0 Å². The molecule has 3 N–H and O–H groups in total. The number of hydrogen-bond acceptors (Lipinski definition) is 4. The van der Waals surface area contributed by atoms with Crippen molar-refractivity contribution in [2.24, 2.45) is 0 Å². The Kier molecular flexibility index (Phi) is 4.80. The van der Waals surface area contributed by atoms with Crippen molar-refractivity contribution in [3.8, 4) is 5.75 Å². The summed E-state index contributed by atoms with van der Waals surface area (Å²) in [6.07, 6.45) is 2.55. The number of aromatic nitrogens is 1. The second kappa shape index (κ2) is 6.58. The normalized spacial score (nSPS) is 11.8. The van der Waals surface area contributed by atoms with Crippen LogP contribution >= 0.6 is 15.9 Å². The summed E-state index contributed by atoms with van der Waals surface area (Å²) in [6.45, 7) is 3.53. The zero-order valence-corrected chi connectivity index (χ0v) is 13.3. The molecule has 2 aromatic rings. The van der Waals surface area contributed by atoms with Gasteiger partial charge in [0.25, 0.3) is 5.91 Å². The number of pyridine rings is 1. The molecule has 1 heterocycles. The van der Waals surface area contributed by atoms with Crippen molar-refractivity contribution in [2.75, 3.05) is 11.1 Å². The van der Waals surface area contributed by atoms with E-state index in [4.69, 9.17) is 10.5 Å². The number of rotatable bonds is 4. The highest BCUT2D eigenvalue weighted by molar-refractivity contribution is 9.10. The van der Waals surface area contributed by atoms with Gasteiger partial charge in [-0.05, 0) is 53.5 Å². The molecule has 1 amide bonds. The van der Waals surface area contributed by atoms with E-state index in [1.54, 1.807) is 43.6 Å². The first-order valence-corrected chi connectivity index (χ1v) is 7.20. The molecule has 0 radical (unpaired) electrons. The fraction of sp³-hybridized carbons (Fsp3) is 0.200. The number of nitrogens with two attached hydrogens (primary N) is 1. The molecule has 1 aromatic heterocycles. The molecule has 1 unspecified atom stereocenters. The van der Waals surface area contributed by atoms with E-state index in [-0.39, 0.29) is 5.91 Å². The van der Waals surface area contributed by atoms with Gasteiger partial charge in [-0.15, -0.1) is 0 Å². The maximum absolute atomic E-state index is 12.2. The Morgan fingerprint density at radius 1 is 1.43 bits per heavy atom. The van der Waals surface area contributed by atoms with Gasteiger partial charge in [-0.3, -0.25) is 9.78 Å². The molecule has 0 fully saturated rings. The predicted octanol–water partition coefficient (Wildman–Crippen LogP) is 3.14. The fourth-order valence-corrected chi connectivity index (χ4v) is 2.08. The maximum atomic E-state index is 12.2. The summed E-state index contributed by atoms with van der Waals surface area (Å²) < 4.78 is 6.35. The number of nitrogens with zero attached hydrogens (tertiary/aromatic N) is 1. The molecule has 0 spiro atoms. The van der Waals surface area contributed by atoms with Gasteiger partial charge in [-0.2, -0.15) is 0 Å². The van der Waals surface area contributed by atoms with Crippen LogP contribution in [0.1, 0.15) is 12.5 Å². The number of carbonyl (C=O) groups excluding carboxylic acids is 1. The molecule has 0 saturated heterocycles. The van der Waals surface area contributed by atoms with Crippen molar-refractivity contribution in [1.82, 2.24) is 4.98 Å². The van der Waals surface area contributed by atoms with Gasteiger partial charge in [0, 0.05) is 22.0 Å². The van der Waals surface area contributed by atoms with Gasteiger partial charge in [0.05, 0.1) is 6.20 Å². The molecule has 5 nitrogen and oxygen atoms in total. The van der Waals surface area contributed by atoms with E-state index < -0.39 is 6.10 Å². The van der Waals surface area contributed by atoms with Crippen molar-refractivity contribution in [2.45, 2.75) is 20.0 Å². The highest BCUT2D eigenvalue weighted by atomic mass is 79.9. The molecule has 6 heteroatoms. The lowest BCUT2D eigenvalue weighted by molar-refractivity contribution is -0.122. The summed E-state index contributed by atoms with van der Waals surface area (Å²) in [5.74, 6) is 0.278. The minimum absolute atomic E-state index is 0.247. The van der Waals surface area contributed by atoms with Gasteiger partial charge in [-0.25, -0.2) is 0 Å². The third kappa shape index (κ3) is 3.95. The molecular weight excluding hydrogens is 334 g/mol. The van der Waals surface area contributed by atoms with E-state index in [1.165, 1.54) is 0 Å². The molecule has 21 heavy (non-hydrogen) atoms. The summed E-state index contributed by atoms with van der Waals surface area (Å²) in [7, 11) is 0. The summed E-state index contributed by atoms with van der Waals surface area (Å²) in [6, 6.07) is 7.14. The van der Waals surface area contributed by atoms with Gasteiger partial charge in [0.15, 0.2) is 6.10 Å². The summed E-state index contributed by atoms with van der Waals surface area (Å²) in [5.41, 5.74) is 7.97. The number of benzene rings is 1. The Hall–Kier alpha value is -2.08. The molecule has 0 aliphatic heterocycles. The maximum Gasteiger partial charge on any atom is 0.265 e. The summed E-state index contributed by atoms with van der Waals surface area (Å²) >= 11 is 3.30. The molecule has 1 atom stereocenters. The zero-order valence-electron chi connectivity index (χ0n) is 11.8. The summed E-state index contributed by atoms with van der Waals surface area (Å²) in [4.78, 5) is 16.1. The summed E-state index contributed by atoms with van der Waals surface area (Å²) in [5, 5.41) is 2.81. The van der Waals surface area contributed by atoms with Crippen LogP contribution in [-0.2, 0) is 4.79 Å². The smallest absolute Gasteiger partial charge is 0.265 e. The van der Waals surface area contributed by atoms with Crippen LogP contribution in [0.15, 0.2) is 41.1 Å². The van der Waals surface area contributed by atoms with Crippen molar-refractivity contribution in [1.29, 1.82) is 0 Å². The van der Waals surface area contributed by atoms with Crippen LogP contribution in [0, 0.1) is 6.92 Å². The topological polar surface area (TPSA) is 77.2 Å². The monoisotopic (exact) mass is 349 g/mol. The standard InChI is InChI=1S/C15H16BrN3O2/c1-9-13(17)4-3-5-14(9)19-15(20)10(2)21-12-6-11(16)7-18-8-12/h3-8,10H,17H2,1-2H3,(H,19,20). The first-order valence-electron chi connectivity index (χ1n) is 6.40. The average molecular weight is 350 g/mol. The van der Waals surface area contributed by atoms with E-state index >= 15 is 0 Å². The van der Waals surface area contributed by atoms with Crippen LogP contribution < -0.4 is 15.8 Å². The second-order valence-corrected chi connectivity index (χ2v) is 5.52. The lowest BCUT2D eigenvalue weighted by Crippen LogP contribution is -2.30. The quantitative estimate of drug-likeness (QED) is 0.831. The molecule has 0 aliphatic rings. The number of hydrogen-bond donors (Lipinski definition) is 2. The molecular formula is C15H16BrN3O2. The minimum Gasteiger partial charge on any atom is -0.479 e. The SMILES string of the molecule is Cc1c(N)cccc1NC(=O)C(C)Oc1cncc(Br)c1. The molecule has 110 valence electrons. The second-order valence-electron chi connectivity index (χ2n) is 4.61. The predicted molar refractivity (Wildman–Crippen MR) is 86.2 cm³/mol. The van der Waals surface area contributed by atoms with Crippen LogP contribution in [0.5, 0.6) is 5.75 Å². The Balaban J connectivity index is 2.04. The molecule has 2 rings (SSSR count). The number of halogens is 1. The van der Waals surface area contributed by atoms with E-state index in [1.807, 2.05) is 6.92 Å². The Bertz CT molecular complexity index is 661. The van der Waals surface area contributed by atoms with Crippen molar-refractivity contribution in [3.63, 3.8) is 0 Å². The van der Waals surface area contributed by atoms with Crippen LogP contribution in [0.2, 0.25) is 0 Å². The fourth-order valence-electron chi connectivity index (χ4n) is 1.74. The number of ether oxygens (including phenoxy) is 1. The van der Waals surface area contributed by atoms with Crippen molar-refractivity contribution >= 4 is 33.2 Å². The first kappa shape index (κ1) is 15.3. The lowest BCUT2D eigenvalue weighted by atomic mass is 10.1. The number of nitrogens with one attached hydrogen (secondary N) is 1. The minimum atomic E-state index is -0.651. The first-order chi connectivity index (χ1) is 9.97. The number of nitrogen functional groups attached to an aromatic ring is 1.